The van der Waals surface area contributed by atoms with E-state index >= 15 is 0 Å². The summed E-state index contributed by atoms with van der Waals surface area (Å²) >= 11 is 0. The first-order valence-electron chi connectivity index (χ1n) is 8.22. The Labute approximate surface area is 143 Å². The van der Waals surface area contributed by atoms with Crippen molar-refractivity contribution in [2.45, 2.75) is 39.7 Å². The van der Waals surface area contributed by atoms with Gasteiger partial charge in [0, 0.05) is 25.1 Å². The summed E-state index contributed by atoms with van der Waals surface area (Å²) in [5, 5.41) is 9.10. The van der Waals surface area contributed by atoms with E-state index in [4.69, 9.17) is 5.26 Å². The van der Waals surface area contributed by atoms with Crippen molar-refractivity contribution in [3.63, 3.8) is 0 Å². The molecule has 0 radical (unpaired) electrons. The molecule has 0 aromatic carbocycles. The Balaban J connectivity index is 1.96. The third kappa shape index (κ3) is 2.92. The van der Waals surface area contributed by atoms with Crippen molar-refractivity contribution in [1.29, 1.82) is 5.26 Å². The van der Waals surface area contributed by atoms with Gasteiger partial charge in [0.2, 0.25) is 0 Å². The average Bonchev–Trinajstić information content (AvgIpc) is 3.08. The summed E-state index contributed by atoms with van der Waals surface area (Å²) in [6.45, 7) is 6.48. The second-order valence-corrected chi connectivity index (χ2v) is 7.09. The van der Waals surface area contributed by atoms with Crippen molar-refractivity contribution < 1.29 is 0 Å². The number of hydrogen-bond acceptors (Lipinski definition) is 4. The SMILES string of the molecule is Cc1nc(N(C)C2C=C(n3ccnc3)CCC2(C)C)ccc1C#N. The van der Waals surface area contributed by atoms with E-state index in [-0.39, 0.29) is 11.5 Å². The van der Waals surface area contributed by atoms with Crippen LogP contribution in [0.1, 0.15) is 37.9 Å². The normalized spacial score (nSPS) is 19.5. The van der Waals surface area contributed by atoms with Gasteiger partial charge in [0.1, 0.15) is 11.9 Å². The van der Waals surface area contributed by atoms with Gasteiger partial charge in [-0.15, -0.1) is 0 Å². The molecule has 0 aliphatic heterocycles. The van der Waals surface area contributed by atoms with Crippen LogP contribution in [-0.2, 0) is 0 Å². The summed E-state index contributed by atoms with van der Waals surface area (Å²) in [7, 11) is 2.08. The molecular formula is C19H23N5. The number of imidazole rings is 1. The quantitative estimate of drug-likeness (QED) is 0.866. The summed E-state index contributed by atoms with van der Waals surface area (Å²) in [6.07, 6.45) is 10.1. The van der Waals surface area contributed by atoms with Crippen molar-refractivity contribution in [2.75, 3.05) is 11.9 Å². The average molecular weight is 321 g/mol. The third-order valence-electron chi connectivity index (χ3n) is 4.98. The molecule has 1 aliphatic carbocycles. The fourth-order valence-corrected chi connectivity index (χ4v) is 3.37. The van der Waals surface area contributed by atoms with Crippen molar-refractivity contribution in [3.8, 4) is 6.07 Å². The van der Waals surface area contributed by atoms with Crippen LogP contribution < -0.4 is 4.90 Å². The number of nitrogens with zero attached hydrogens (tertiary/aromatic N) is 5. The zero-order chi connectivity index (χ0) is 17.3. The van der Waals surface area contributed by atoms with E-state index in [0.29, 0.717) is 5.56 Å². The number of aromatic nitrogens is 3. The number of hydrogen-bond donors (Lipinski definition) is 0. The van der Waals surface area contributed by atoms with Crippen LogP contribution in [0, 0.1) is 23.7 Å². The van der Waals surface area contributed by atoms with Crippen molar-refractivity contribution in [3.05, 3.63) is 48.2 Å². The number of nitriles is 1. The monoisotopic (exact) mass is 321 g/mol. The van der Waals surface area contributed by atoms with E-state index in [1.165, 1.54) is 5.70 Å². The van der Waals surface area contributed by atoms with Gasteiger partial charge in [-0.1, -0.05) is 13.8 Å². The zero-order valence-electron chi connectivity index (χ0n) is 14.7. The molecule has 0 saturated carbocycles. The first kappa shape index (κ1) is 16.3. The minimum atomic E-state index is 0.141. The second-order valence-electron chi connectivity index (χ2n) is 7.09. The lowest BCUT2D eigenvalue weighted by Gasteiger charge is -2.43. The summed E-state index contributed by atoms with van der Waals surface area (Å²) in [5.74, 6) is 0.896. The number of rotatable bonds is 3. The fourth-order valence-electron chi connectivity index (χ4n) is 3.37. The smallest absolute Gasteiger partial charge is 0.129 e. The minimum absolute atomic E-state index is 0.141. The molecule has 3 rings (SSSR count). The number of pyridine rings is 1. The number of likely N-dealkylation sites (N-methyl/N-ethyl adjacent to an activating group) is 1. The van der Waals surface area contributed by atoms with E-state index in [9.17, 15) is 0 Å². The van der Waals surface area contributed by atoms with Crippen molar-refractivity contribution in [1.82, 2.24) is 14.5 Å². The molecule has 1 unspecified atom stereocenters. The van der Waals surface area contributed by atoms with E-state index in [1.807, 2.05) is 37.8 Å². The van der Waals surface area contributed by atoms with Crippen LogP contribution in [0.3, 0.4) is 0 Å². The van der Waals surface area contributed by atoms with Crippen LogP contribution in [0.15, 0.2) is 36.9 Å². The molecule has 0 amide bonds. The lowest BCUT2D eigenvalue weighted by molar-refractivity contribution is 0.282. The van der Waals surface area contributed by atoms with Gasteiger partial charge in [-0.05, 0) is 43.4 Å². The van der Waals surface area contributed by atoms with Crippen LogP contribution >= 0.6 is 0 Å². The van der Waals surface area contributed by atoms with Gasteiger partial charge in [-0.2, -0.15) is 5.26 Å². The van der Waals surface area contributed by atoms with Crippen molar-refractivity contribution in [2.24, 2.45) is 5.41 Å². The molecule has 0 bridgehead atoms. The maximum atomic E-state index is 9.10. The van der Waals surface area contributed by atoms with Crippen LogP contribution in [-0.4, -0.2) is 27.6 Å². The highest BCUT2D eigenvalue weighted by atomic mass is 15.2. The molecule has 0 spiro atoms. The van der Waals surface area contributed by atoms with E-state index in [0.717, 1.165) is 24.4 Å². The Morgan fingerprint density at radius 1 is 1.38 bits per heavy atom. The highest BCUT2D eigenvalue weighted by Gasteiger charge is 2.35. The van der Waals surface area contributed by atoms with Crippen molar-refractivity contribution >= 4 is 11.5 Å². The maximum absolute atomic E-state index is 9.10. The molecule has 1 aliphatic rings. The third-order valence-corrected chi connectivity index (χ3v) is 4.98. The Morgan fingerprint density at radius 2 is 2.17 bits per heavy atom. The van der Waals surface area contributed by atoms with E-state index in [1.54, 1.807) is 0 Å². The van der Waals surface area contributed by atoms with Gasteiger partial charge < -0.3 is 9.47 Å². The minimum Gasteiger partial charge on any atom is -0.353 e. The Morgan fingerprint density at radius 3 is 2.79 bits per heavy atom. The van der Waals surface area contributed by atoms with Gasteiger partial charge >= 0.3 is 0 Å². The Bertz CT molecular complexity index is 796. The molecule has 0 fully saturated rings. The van der Waals surface area contributed by atoms with Gasteiger partial charge in [-0.3, -0.25) is 0 Å². The number of allylic oxidation sites excluding steroid dienone is 1. The first-order chi connectivity index (χ1) is 11.4. The molecule has 124 valence electrons. The molecule has 0 N–H and O–H groups in total. The molecule has 2 aromatic rings. The fraction of sp³-hybridized carbons (Fsp3) is 0.421. The maximum Gasteiger partial charge on any atom is 0.129 e. The highest BCUT2D eigenvalue weighted by molar-refractivity contribution is 5.53. The molecule has 2 heterocycles. The first-order valence-corrected chi connectivity index (χ1v) is 8.22. The topological polar surface area (TPSA) is 57.7 Å². The summed E-state index contributed by atoms with van der Waals surface area (Å²) in [6, 6.07) is 6.19. The summed E-state index contributed by atoms with van der Waals surface area (Å²) < 4.78 is 2.09. The van der Waals surface area contributed by atoms with Crippen LogP contribution in [0.25, 0.3) is 5.70 Å². The van der Waals surface area contributed by atoms with Gasteiger partial charge in [0.15, 0.2) is 0 Å². The molecule has 24 heavy (non-hydrogen) atoms. The Hall–Kier alpha value is -2.61. The Kier molecular flexibility index (Phi) is 4.15. The molecule has 2 aromatic heterocycles. The highest BCUT2D eigenvalue weighted by Crippen LogP contribution is 2.39. The molecular weight excluding hydrogens is 298 g/mol. The van der Waals surface area contributed by atoms with E-state index in [2.05, 4.69) is 52.5 Å². The zero-order valence-corrected chi connectivity index (χ0v) is 14.7. The van der Waals surface area contributed by atoms with E-state index < -0.39 is 0 Å². The van der Waals surface area contributed by atoms with Gasteiger partial charge in [0.25, 0.3) is 0 Å². The largest absolute Gasteiger partial charge is 0.353 e. The van der Waals surface area contributed by atoms with Crippen LogP contribution in [0.4, 0.5) is 5.82 Å². The molecule has 1 atom stereocenters. The standard InChI is InChI=1S/C19H23N5/c1-14-15(12-20)5-6-18(22-14)23(4)17-11-16(7-8-19(17,2)3)24-10-9-21-13-24/h5-6,9-11,13,17H,7-8H2,1-4H3. The number of anilines is 1. The number of aryl methyl sites for hydroxylation is 1. The summed E-state index contributed by atoms with van der Waals surface area (Å²) in [4.78, 5) is 11.0. The van der Waals surface area contributed by atoms with Gasteiger partial charge in [-0.25, -0.2) is 9.97 Å². The molecule has 5 nitrogen and oxygen atoms in total. The lowest BCUT2D eigenvalue weighted by atomic mass is 9.75. The van der Waals surface area contributed by atoms with Gasteiger partial charge in [0.05, 0.1) is 23.6 Å². The summed E-state index contributed by atoms with van der Waals surface area (Å²) in [5.41, 5.74) is 2.82. The lowest BCUT2D eigenvalue weighted by Crippen LogP contribution is -2.44. The second kappa shape index (κ2) is 6.12. The van der Waals surface area contributed by atoms with Crippen LogP contribution in [0.2, 0.25) is 0 Å². The predicted octanol–water partition coefficient (Wildman–Crippen LogP) is 3.62. The predicted molar refractivity (Wildman–Crippen MR) is 95.4 cm³/mol. The van der Waals surface area contributed by atoms with Crippen LogP contribution in [0.5, 0.6) is 0 Å². The molecule has 5 heteroatoms. The molecule has 0 saturated heterocycles.